The van der Waals surface area contributed by atoms with E-state index in [4.69, 9.17) is 4.98 Å². The molecule has 0 aliphatic carbocycles. The average molecular weight is 460 g/mol. The summed E-state index contributed by atoms with van der Waals surface area (Å²) in [5.41, 5.74) is 6.61. The minimum absolute atomic E-state index is 0.0598. The van der Waals surface area contributed by atoms with Crippen molar-refractivity contribution in [3.63, 3.8) is 0 Å². The van der Waals surface area contributed by atoms with Crippen LogP contribution in [0.15, 0.2) is 84.2 Å². The Hall–Kier alpha value is -4.23. The second-order valence-corrected chi connectivity index (χ2v) is 8.66. The normalized spacial score (nSPS) is 10.7. The van der Waals surface area contributed by atoms with Gasteiger partial charge in [0.25, 0.3) is 5.56 Å². The first kappa shape index (κ1) is 23.9. The Labute approximate surface area is 206 Å². The van der Waals surface area contributed by atoms with Crippen LogP contribution in [0, 0.1) is 18.3 Å². The fourth-order valence-electron chi connectivity index (χ4n) is 4.41. The van der Waals surface area contributed by atoms with Crippen LogP contribution in [0.2, 0.25) is 0 Å². The number of nitriles is 1. The Morgan fingerprint density at radius 1 is 1.06 bits per heavy atom. The molecule has 0 N–H and O–H groups in total. The van der Waals surface area contributed by atoms with E-state index in [9.17, 15) is 10.1 Å². The third-order valence-corrected chi connectivity index (χ3v) is 6.23. The van der Waals surface area contributed by atoms with Crippen LogP contribution in [-0.4, -0.2) is 9.55 Å². The van der Waals surface area contributed by atoms with Gasteiger partial charge in [-0.15, -0.1) is 0 Å². The molecule has 1 heterocycles. The summed E-state index contributed by atoms with van der Waals surface area (Å²) in [4.78, 5) is 18.7. The lowest BCUT2D eigenvalue weighted by Gasteiger charge is -2.16. The predicted octanol–water partition coefficient (Wildman–Crippen LogP) is 6.66. The van der Waals surface area contributed by atoms with Gasteiger partial charge in [0.05, 0.1) is 23.0 Å². The van der Waals surface area contributed by atoms with Gasteiger partial charge in [-0.25, -0.2) is 4.98 Å². The molecule has 0 saturated carbocycles. The first-order valence-electron chi connectivity index (χ1n) is 12.0. The van der Waals surface area contributed by atoms with E-state index in [0.29, 0.717) is 23.4 Å². The molecular weight excluding hydrogens is 430 g/mol. The number of hydrogen-bond donors (Lipinski definition) is 0. The molecule has 0 aliphatic heterocycles. The van der Waals surface area contributed by atoms with Gasteiger partial charge in [0, 0.05) is 12.0 Å². The van der Waals surface area contributed by atoms with Crippen molar-refractivity contribution in [2.75, 3.05) is 0 Å². The zero-order valence-electron chi connectivity index (χ0n) is 20.3. The van der Waals surface area contributed by atoms with Crippen molar-refractivity contribution in [3.05, 3.63) is 124 Å². The van der Waals surface area contributed by atoms with Gasteiger partial charge in [-0.05, 0) is 60.2 Å². The third-order valence-electron chi connectivity index (χ3n) is 6.23. The molecule has 174 valence electrons. The zero-order chi connectivity index (χ0) is 24.8. The Bertz CT molecular complexity index is 1460. The highest BCUT2D eigenvalue weighted by molar-refractivity contribution is 5.71. The minimum atomic E-state index is -0.0598. The molecule has 35 heavy (non-hydrogen) atoms. The van der Waals surface area contributed by atoms with Gasteiger partial charge in [-0.1, -0.05) is 80.6 Å². The Morgan fingerprint density at radius 3 is 2.57 bits per heavy atom. The van der Waals surface area contributed by atoms with E-state index in [1.54, 1.807) is 10.6 Å². The minimum Gasteiger partial charge on any atom is -0.269 e. The molecular formula is C31H29N3O. The quantitative estimate of drug-likeness (QED) is 0.296. The number of hydrogen-bond acceptors (Lipinski definition) is 3. The van der Waals surface area contributed by atoms with Crippen molar-refractivity contribution in [3.8, 4) is 22.9 Å². The van der Waals surface area contributed by atoms with Crippen LogP contribution in [0.3, 0.4) is 0 Å². The summed E-state index contributed by atoms with van der Waals surface area (Å²) in [5, 5.41) is 9.84. The number of aryl methyl sites for hydroxylation is 2. The molecule has 0 bridgehead atoms. The van der Waals surface area contributed by atoms with Gasteiger partial charge in [-0.3, -0.25) is 9.36 Å². The number of nitrogens with zero attached hydrogens (tertiary/aromatic N) is 3. The first-order chi connectivity index (χ1) is 17.0. The molecule has 4 nitrogen and oxygen atoms in total. The fraction of sp³-hybridized carbons (Fsp3) is 0.194. The van der Waals surface area contributed by atoms with E-state index in [1.165, 1.54) is 0 Å². The Kier molecular flexibility index (Phi) is 7.38. The fourth-order valence-corrected chi connectivity index (χ4v) is 4.41. The summed E-state index contributed by atoms with van der Waals surface area (Å²) >= 11 is 0. The van der Waals surface area contributed by atoms with Crippen molar-refractivity contribution in [1.29, 1.82) is 5.26 Å². The van der Waals surface area contributed by atoms with Crippen molar-refractivity contribution in [2.45, 2.75) is 39.5 Å². The highest BCUT2D eigenvalue weighted by atomic mass is 16.1. The third kappa shape index (κ3) is 5.15. The highest BCUT2D eigenvalue weighted by Gasteiger charge is 2.17. The van der Waals surface area contributed by atoms with Crippen LogP contribution < -0.4 is 5.56 Å². The smallest absolute Gasteiger partial charge is 0.261 e. The van der Waals surface area contributed by atoms with Crippen molar-refractivity contribution in [1.82, 2.24) is 9.55 Å². The monoisotopic (exact) mass is 459 g/mol. The topological polar surface area (TPSA) is 58.7 Å². The SMILES string of the molecule is C=Cc1cccc(-n2c(C)nc(CCCC)c(Cc3ccc(-c4ccccc4)c(C#N)c3)c2=O)c1. The van der Waals surface area contributed by atoms with Gasteiger partial charge < -0.3 is 0 Å². The van der Waals surface area contributed by atoms with Crippen LogP contribution >= 0.6 is 0 Å². The predicted molar refractivity (Wildman–Crippen MR) is 143 cm³/mol. The molecule has 0 saturated heterocycles. The van der Waals surface area contributed by atoms with Gasteiger partial charge in [0.2, 0.25) is 0 Å². The molecule has 4 aromatic rings. The molecule has 0 spiro atoms. The second-order valence-electron chi connectivity index (χ2n) is 8.66. The van der Waals surface area contributed by atoms with Gasteiger partial charge in [0.15, 0.2) is 0 Å². The Morgan fingerprint density at radius 2 is 1.86 bits per heavy atom. The lowest BCUT2D eigenvalue weighted by molar-refractivity contribution is 0.733. The molecule has 0 aliphatic rings. The van der Waals surface area contributed by atoms with E-state index < -0.39 is 0 Å². The van der Waals surface area contributed by atoms with Crippen LogP contribution in [0.4, 0.5) is 0 Å². The second kappa shape index (κ2) is 10.8. The lowest BCUT2D eigenvalue weighted by Crippen LogP contribution is -2.28. The summed E-state index contributed by atoms with van der Waals surface area (Å²) in [5.74, 6) is 0.670. The van der Waals surface area contributed by atoms with Crippen molar-refractivity contribution < 1.29 is 0 Å². The average Bonchev–Trinajstić information content (AvgIpc) is 2.89. The summed E-state index contributed by atoms with van der Waals surface area (Å²) in [6.45, 7) is 7.86. The maximum Gasteiger partial charge on any atom is 0.261 e. The van der Waals surface area contributed by atoms with Crippen LogP contribution in [0.25, 0.3) is 22.9 Å². The van der Waals surface area contributed by atoms with E-state index in [-0.39, 0.29) is 5.56 Å². The van der Waals surface area contributed by atoms with E-state index >= 15 is 0 Å². The molecule has 0 atom stereocenters. The summed E-state index contributed by atoms with van der Waals surface area (Å²) in [7, 11) is 0. The molecule has 0 fully saturated rings. The maximum atomic E-state index is 13.9. The largest absolute Gasteiger partial charge is 0.269 e. The standard InChI is InChI=1S/C31H29N3O/c1-4-6-15-30-29(31(35)34(22(3)33-30)27-14-10-11-23(5-2)19-27)20-24-16-17-28(26(18-24)21-32)25-12-8-7-9-13-25/h5,7-14,16-19H,2,4,6,15,20H2,1,3H3. The first-order valence-corrected chi connectivity index (χ1v) is 12.0. The molecule has 4 heteroatoms. The van der Waals surface area contributed by atoms with Crippen molar-refractivity contribution in [2.24, 2.45) is 0 Å². The molecule has 1 aromatic heterocycles. The van der Waals surface area contributed by atoms with E-state index in [0.717, 1.165) is 52.9 Å². The molecule has 0 unspecified atom stereocenters. The van der Waals surface area contributed by atoms with Gasteiger partial charge >= 0.3 is 0 Å². The van der Waals surface area contributed by atoms with Crippen LogP contribution in [0.5, 0.6) is 0 Å². The maximum absolute atomic E-state index is 13.9. The number of rotatable bonds is 8. The molecule has 0 radical (unpaired) electrons. The summed E-state index contributed by atoms with van der Waals surface area (Å²) in [6.07, 6.45) is 4.93. The Balaban J connectivity index is 1.82. The van der Waals surface area contributed by atoms with Crippen LogP contribution in [0.1, 0.15) is 53.5 Å². The summed E-state index contributed by atoms with van der Waals surface area (Å²) in [6, 6.07) is 25.8. The van der Waals surface area contributed by atoms with Gasteiger partial charge in [-0.2, -0.15) is 5.26 Å². The van der Waals surface area contributed by atoms with E-state index in [2.05, 4.69) is 19.6 Å². The molecule has 0 amide bonds. The van der Waals surface area contributed by atoms with Crippen LogP contribution in [-0.2, 0) is 12.8 Å². The number of benzene rings is 3. The van der Waals surface area contributed by atoms with Gasteiger partial charge in [0.1, 0.15) is 5.82 Å². The number of unbranched alkanes of at least 4 members (excludes halogenated alkanes) is 1. The molecule has 3 aromatic carbocycles. The number of aromatic nitrogens is 2. The zero-order valence-corrected chi connectivity index (χ0v) is 20.3. The highest BCUT2D eigenvalue weighted by Crippen LogP contribution is 2.25. The van der Waals surface area contributed by atoms with E-state index in [1.807, 2.05) is 79.7 Å². The molecule has 4 rings (SSSR count). The lowest BCUT2D eigenvalue weighted by atomic mass is 9.95. The van der Waals surface area contributed by atoms with Crippen molar-refractivity contribution >= 4 is 6.08 Å². The summed E-state index contributed by atoms with van der Waals surface area (Å²) < 4.78 is 1.68.